The molecule has 25 heavy (non-hydrogen) atoms. The fraction of sp³-hybridized carbons (Fsp3) is 0.800. The third-order valence-electron chi connectivity index (χ3n) is 1.23. The van der Waals surface area contributed by atoms with Crippen molar-refractivity contribution in [3.05, 3.63) is 22.5 Å². The van der Waals surface area contributed by atoms with Crippen molar-refractivity contribution in [1.29, 1.82) is 0 Å². The Bertz CT molecular complexity index is 343. The molecule has 0 atom stereocenters. The van der Waals surface area contributed by atoms with E-state index in [1.54, 1.807) is 66.6 Å². The van der Waals surface area contributed by atoms with E-state index in [2.05, 4.69) is 37.9 Å². The van der Waals surface area contributed by atoms with Crippen LogP contribution >= 0.6 is 0 Å². The zero-order valence-corrected chi connectivity index (χ0v) is 21.0. The second-order valence-corrected chi connectivity index (χ2v) is 22.7. The topological polar surface area (TPSA) is 69.2 Å². The Morgan fingerprint density at radius 2 is 1.04 bits per heavy atom. The predicted octanol–water partition coefficient (Wildman–Crippen LogP) is 3.18. The van der Waals surface area contributed by atoms with Crippen molar-refractivity contribution in [3.8, 4) is 0 Å². The van der Waals surface area contributed by atoms with Crippen LogP contribution in [-0.2, 0) is 15.6 Å². The molecule has 5 heteroatoms. The fourth-order valence-corrected chi connectivity index (χ4v) is 7.09. The van der Waals surface area contributed by atoms with Gasteiger partial charge in [-0.25, -0.2) is 0 Å². The summed E-state index contributed by atoms with van der Waals surface area (Å²) in [5.74, 6) is 0. The van der Waals surface area contributed by atoms with E-state index in [-0.39, 0.29) is 0 Å². The van der Waals surface area contributed by atoms with Gasteiger partial charge in [-0.05, 0) is 0 Å². The van der Waals surface area contributed by atoms with Crippen LogP contribution in [0.1, 0.15) is 68.7 Å². The molecule has 0 N–H and O–H groups in total. The van der Waals surface area contributed by atoms with Crippen LogP contribution in [0.5, 0.6) is 0 Å². The standard InChI is InChI=1S/C5H5.3C4H9O.C3H9Si.V/c1-2-4-5-3-1;3*1-4(2,3)5;1-4(2)3;/h1-3H,4H2;3*1-3H3;1-3H3;/q;3*-1;;+3. The summed E-state index contributed by atoms with van der Waals surface area (Å²) in [5, 5.41) is 30.3. The Balaban J connectivity index is -0.000000279. The van der Waals surface area contributed by atoms with Crippen molar-refractivity contribution in [2.75, 3.05) is 0 Å². The third-order valence-corrected chi connectivity index (χ3v) is 7.19. The molecule has 1 aliphatic carbocycles. The van der Waals surface area contributed by atoms with Gasteiger partial charge in [0.15, 0.2) is 0 Å². The Labute approximate surface area is 165 Å². The molecule has 0 aliphatic heterocycles. The molecule has 0 bridgehead atoms. The molecule has 0 amide bonds. The molecule has 0 radical (unpaired) electrons. The average Bonchev–Trinajstić information content (AvgIpc) is 2.57. The third kappa shape index (κ3) is 80.2. The Morgan fingerprint density at radius 1 is 0.760 bits per heavy atom. The van der Waals surface area contributed by atoms with E-state index >= 15 is 0 Å². The first-order valence-electron chi connectivity index (χ1n) is 8.78. The number of allylic oxidation sites excluding steroid dienone is 4. The molecule has 0 spiro atoms. The first-order valence-corrected chi connectivity index (χ1v) is 15.0. The molecule has 0 saturated carbocycles. The van der Waals surface area contributed by atoms with Gasteiger partial charge in [0, 0.05) is 0 Å². The summed E-state index contributed by atoms with van der Waals surface area (Å²) in [7, 11) is 0. The zero-order chi connectivity index (χ0) is 21.1. The molecule has 1 rings (SSSR count). The Kier molecular flexibility index (Phi) is 15.0. The van der Waals surface area contributed by atoms with Gasteiger partial charge in [-0.15, -0.1) is 16.8 Å². The maximum absolute atomic E-state index is 10.1. The fourth-order valence-electron chi connectivity index (χ4n) is 0.950. The summed E-state index contributed by atoms with van der Waals surface area (Å²) in [6.45, 7) is 22.1. The first kappa shape index (κ1) is 29.9. The summed E-state index contributed by atoms with van der Waals surface area (Å²) in [6.07, 6.45) is 7.30. The zero-order valence-electron chi connectivity index (χ0n) is 18.6. The van der Waals surface area contributed by atoms with Crippen molar-refractivity contribution in [3.63, 3.8) is 0 Å². The summed E-state index contributed by atoms with van der Waals surface area (Å²) < 4.78 is 1.73. The van der Waals surface area contributed by atoms with Crippen molar-refractivity contribution in [2.24, 2.45) is 0 Å². The second-order valence-electron chi connectivity index (χ2n) is 9.91. The molecule has 0 aromatic rings. The van der Waals surface area contributed by atoms with Gasteiger partial charge in [-0.3, -0.25) is 0 Å². The van der Waals surface area contributed by atoms with E-state index in [1.807, 2.05) is 0 Å². The van der Waals surface area contributed by atoms with Crippen molar-refractivity contribution in [1.82, 2.24) is 0 Å². The van der Waals surface area contributed by atoms with Crippen LogP contribution in [0.25, 0.3) is 0 Å². The van der Waals surface area contributed by atoms with E-state index in [0.717, 1.165) is 0 Å². The summed E-state index contributed by atoms with van der Waals surface area (Å²) >= 11 is 0.557. The van der Waals surface area contributed by atoms with E-state index < -0.39 is 23.2 Å². The van der Waals surface area contributed by atoms with Gasteiger partial charge in [0.25, 0.3) is 0 Å². The van der Waals surface area contributed by atoms with Gasteiger partial charge in [0.2, 0.25) is 0 Å². The molecular weight excluding hydrogens is 367 g/mol. The molecule has 1 aliphatic rings. The number of rotatable bonds is 2. The quantitative estimate of drug-likeness (QED) is 0.659. The number of hydrogen-bond donors (Lipinski definition) is 0. The van der Waals surface area contributed by atoms with Crippen LogP contribution in [0.4, 0.5) is 0 Å². The molecular formula is C20H41O3SiV. The SMILES string of the molecule is CC(C)(C)[O-].CC(C)(C)[O-].CC(C)(C)[O-].C[Si](C)(C)[V+3][C]1=CC=CC1. The van der Waals surface area contributed by atoms with Gasteiger partial charge >= 0.3 is 70.6 Å². The van der Waals surface area contributed by atoms with Crippen LogP contribution in [-0.4, -0.2) is 23.2 Å². The monoisotopic (exact) mass is 408 g/mol. The summed E-state index contributed by atoms with van der Waals surface area (Å²) in [5.41, 5.74) is -2.25. The van der Waals surface area contributed by atoms with E-state index in [9.17, 15) is 15.3 Å². The maximum atomic E-state index is 10.1. The molecule has 3 nitrogen and oxygen atoms in total. The Morgan fingerprint density at radius 3 is 1.20 bits per heavy atom. The van der Waals surface area contributed by atoms with Crippen LogP contribution in [0, 0.1) is 0 Å². The Hall–Kier alpha value is 0.161. The molecule has 0 heterocycles. The van der Waals surface area contributed by atoms with Crippen LogP contribution < -0.4 is 15.3 Å². The van der Waals surface area contributed by atoms with Crippen molar-refractivity contribution in [2.45, 2.75) is 105 Å². The van der Waals surface area contributed by atoms with Crippen molar-refractivity contribution >= 4 is 6.45 Å². The van der Waals surface area contributed by atoms with Gasteiger partial charge in [0.05, 0.1) is 0 Å². The van der Waals surface area contributed by atoms with Crippen LogP contribution in [0.3, 0.4) is 0 Å². The molecule has 0 unspecified atom stereocenters. The minimum atomic E-state index is -0.750. The molecule has 148 valence electrons. The second kappa shape index (κ2) is 12.5. The van der Waals surface area contributed by atoms with Gasteiger partial charge < -0.3 is 15.3 Å². The van der Waals surface area contributed by atoms with Crippen LogP contribution in [0.15, 0.2) is 22.5 Å². The van der Waals surface area contributed by atoms with E-state index in [4.69, 9.17) is 0 Å². The van der Waals surface area contributed by atoms with Crippen molar-refractivity contribution < 1.29 is 30.9 Å². The molecule has 0 aromatic carbocycles. The predicted molar refractivity (Wildman–Crippen MR) is 104 cm³/mol. The van der Waals surface area contributed by atoms with E-state index in [0.29, 0.717) is 15.6 Å². The van der Waals surface area contributed by atoms with Gasteiger partial charge in [0.1, 0.15) is 0 Å². The summed E-state index contributed by atoms with van der Waals surface area (Å²) in [4.78, 5) is 0. The normalized spacial score (nSPS) is 14.0. The summed E-state index contributed by atoms with van der Waals surface area (Å²) in [6, 6.07) is 0. The molecule has 0 saturated heterocycles. The van der Waals surface area contributed by atoms with E-state index in [1.165, 1.54) is 6.42 Å². The van der Waals surface area contributed by atoms with Gasteiger partial charge in [-0.1, -0.05) is 62.3 Å². The van der Waals surface area contributed by atoms with Gasteiger partial charge in [-0.2, -0.15) is 0 Å². The van der Waals surface area contributed by atoms with Crippen LogP contribution in [0.2, 0.25) is 19.6 Å². The number of hydrogen-bond acceptors (Lipinski definition) is 3. The first-order chi connectivity index (χ1) is 10.6. The molecule has 0 fully saturated rings. The molecule has 0 aromatic heterocycles. The minimum absolute atomic E-state index is 0.557. The average molecular weight is 409 g/mol.